The second-order valence-electron chi connectivity index (χ2n) is 5.89. The van der Waals surface area contributed by atoms with E-state index in [0.29, 0.717) is 11.5 Å². The molecule has 4 heteroatoms. The minimum Gasteiger partial charge on any atom is -0.478 e. The molecule has 1 saturated heterocycles. The Morgan fingerprint density at radius 3 is 2.57 bits per heavy atom. The third-order valence-electron chi connectivity index (χ3n) is 3.97. The van der Waals surface area contributed by atoms with E-state index in [4.69, 9.17) is 5.11 Å². The van der Waals surface area contributed by atoms with Gasteiger partial charge in [0.1, 0.15) is 0 Å². The number of carbonyl (C=O) groups is 2. The summed E-state index contributed by atoms with van der Waals surface area (Å²) in [5.74, 6) is -0.374. The van der Waals surface area contributed by atoms with Crippen molar-refractivity contribution in [3.05, 3.63) is 41.0 Å². The molecule has 0 saturated carbocycles. The van der Waals surface area contributed by atoms with Crippen LogP contribution in [0.3, 0.4) is 0 Å². The molecule has 1 fully saturated rings. The summed E-state index contributed by atoms with van der Waals surface area (Å²) in [5, 5.41) is 8.66. The van der Waals surface area contributed by atoms with Crippen molar-refractivity contribution in [2.24, 2.45) is 5.92 Å². The zero-order valence-corrected chi connectivity index (χ0v) is 12.7. The molecule has 2 rings (SSSR count). The summed E-state index contributed by atoms with van der Waals surface area (Å²) in [6, 6.07) is 5.68. The monoisotopic (exact) mass is 287 g/mol. The number of hydrogen-bond acceptors (Lipinski definition) is 2. The van der Waals surface area contributed by atoms with Gasteiger partial charge in [-0.3, -0.25) is 4.79 Å². The average Bonchev–Trinajstić information content (AvgIpc) is 2.75. The summed E-state index contributed by atoms with van der Waals surface area (Å²) in [6.07, 6.45) is 3.70. The van der Waals surface area contributed by atoms with Crippen molar-refractivity contribution in [3.8, 4) is 0 Å². The summed E-state index contributed by atoms with van der Waals surface area (Å²) in [5.41, 5.74) is 2.39. The van der Waals surface area contributed by atoms with Gasteiger partial charge in [-0.1, -0.05) is 13.0 Å². The van der Waals surface area contributed by atoms with Gasteiger partial charge in [0.05, 0.1) is 0 Å². The van der Waals surface area contributed by atoms with E-state index < -0.39 is 5.97 Å². The maximum atomic E-state index is 12.5. The number of aliphatic carboxylic acids is 1. The average molecular weight is 287 g/mol. The highest BCUT2D eigenvalue weighted by molar-refractivity contribution is 5.95. The van der Waals surface area contributed by atoms with Crippen LogP contribution in [0.2, 0.25) is 0 Å². The molecule has 1 N–H and O–H groups in total. The number of benzene rings is 1. The van der Waals surface area contributed by atoms with E-state index >= 15 is 0 Å². The Bertz CT molecular complexity index is 592. The van der Waals surface area contributed by atoms with E-state index in [9.17, 15) is 9.59 Å². The van der Waals surface area contributed by atoms with Crippen LogP contribution in [-0.2, 0) is 4.79 Å². The van der Waals surface area contributed by atoms with Gasteiger partial charge in [0.2, 0.25) is 0 Å². The van der Waals surface area contributed by atoms with Gasteiger partial charge in [-0.2, -0.15) is 0 Å². The molecule has 0 bridgehead atoms. The number of carbonyl (C=O) groups excluding carboxylic acids is 1. The smallest absolute Gasteiger partial charge is 0.328 e. The minimum atomic E-state index is -0.977. The van der Waals surface area contributed by atoms with Crippen LogP contribution in [0, 0.1) is 12.8 Å². The molecule has 0 aromatic heterocycles. The lowest BCUT2D eigenvalue weighted by Gasteiger charge is -2.22. The van der Waals surface area contributed by atoms with Gasteiger partial charge in [0.15, 0.2) is 0 Å². The topological polar surface area (TPSA) is 57.6 Å². The van der Waals surface area contributed by atoms with Gasteiger partial charge >= 0.3 is 5.97 Å². The summed E-state index contributed by atoms with van der Waals surface area (Å²) < 4.78 is 0. The summed E-state index contributed by atoms with van der Waals surface area (Å²) in [7, 11) is 0. The predicted octanol–water partition coefficient (Wildman–Crippen LogP) is 2.96. The SMILES string of the molecule is Cc1cc(C(=O)N2CC(C)CC2C)ccc1/C=C/C(=O)O. The van der Waals surface area contributed by atoms with Crippen LogP contribution >= 0.6 is 0 Å². The second kappa shape index (κ2) is 6.12. The first-order chi connectivity index (χ1) is 9.88. The van der Waals surface area contributed by atoms with Gasteiger partial charge in [0, 0.05) is 24.2 Å². The number of aryl methyl sites for hydroxylation is 1. The fourth-order valence-electron chi connectivity index (χ4n) is 2.91. The highest BCUT2D eigenvalue weighted by atomic mass is 16.4. The van der Waals surface area contributed by atoms with E-state index in [1.54, 1.807) is 18.2 Å². The number of carboxylic acid groups (broad SMARTS) is 1. The molecule has 1 aliphatic heterocycles. The lowest BCUT2D eigenvalue weighted by molar-refractivity contribution is -0.131. The maximum absolute atomic E-state index is 12.5. The summed E-state index contributed by atoms with van der Waals surface area (Å²) >= 11 is 0. The first-order valence-corrected chi connectivity index (χ1v) is 7.21. The van der Waals surface area contributed by atoms with Gasteiger partial charge in [-0.15, -0.1) is 0 Å². The molecule has 1 heterocycles. The Morgan fingerprint density at radius 1 is 1.33 bits per heavy atom. The molecule has 1 aromatic carbocycles. The Hall–Kier alpha value is -2.10. The third kappa shape index (κ3) is 3.51. The van der Waals surface area contributed by atoms with Crippen molar-refractivity contribution in [1.29, 1.82) is 0 Å². The molecule has 0 radical (unpaired) electrons. The Kier molecular flexibility index (Phi) is 4.46. The van der Waals surface area contributed by atoms with Crippen LogP contribution in [-0.4, -0.2) is 34.5 Å². The van der Waals surface area contributed by atoms with Crippen LogP contribution in [0.4, 0.5) is 0 Å². The molecular weight excluding hydrogens is 266 g/mol. The van der Waals surface area contributed by atoms with Crippen LogP contribution < -0.4 is 0 Å². The molecule has 2 atom stereocenters. The van der Waals surface area contributed by atoms with Crippen molar-refractivity contribution < 1.29 is 14.7 Å². The van der Waals surface area contributed by atoms with Crippen LogP contribution in [0.1, 0.15) is 41.8 Å². The van der Waals surface area contributed by atoms with E-state index in [2.05, 4.69) is 13.8 Å². The van der Waals surface area contributed by atoms with Gasteiger partial charge in [-0.25, -0.2) is 4.79 Å². The Balaban J connectivity index is 2.20. The highest BCUT2D eigenvalue weighted by Crippen LogP contribution is 2.25. The third-order valence-corrected chi connectivity index (χ3v) is 3.97. The zero-order chi connectivity index (χ0) is 15.6. The quantitative estimate of drug-likeness (QED) is 0.870. The lowest BCUT2D eigenvalue weighted by atomic mass is 10.0. The van der Waals surface area contributed by atoms with E-state index in [1.165, 1.54) is 0 Å². The number of nitrogens with zero attached hydrogens (tertiary/aromatic N) is 1. The second-order valence-corrected chi connectivity index (χ2v) is 5.89. The van der Waals surface area contributed by atoms with E-state index in [1.807, 2.05) is 17.9 Å². The predicted molar refractivity (Wildman–Crippen MR) is 82.1 cm³/mol. The van der Waals surface area contributed by atoms with E-state index in [-0.39, 0.29) is 11.9 Å². The van der Waals surface area contributed by atoms with Crippen LogP contribution in [0.25, 0.3) is 6.08 Å². The molecule has 0 spiro atoms. The highest BCUT2D eigenvalue weighted by Gasteiger charge is 2.30. The van der Waals surface area contributed by atoms with Crippen molar-refractivity contribution in [1.82, 2.24) is 4.90 Å². The van der Waals surface area contributed by atoms with Crippen molar-refractivity contribution in [2.75, 3.05) is 6.54 Å². The van der Waals surface area contributed by atoms with Gasteiger partial charge < -0.3 is 10.0 Å². The Morgan fingerprint density at radius 2 is 2.05 bits per heavy atom. The number of carboxylic acids is 1. The molecule has 112 valence electrons. The van der Waals surface area contributed by atoms with Gasteiger partial charge in [-0.05, 0) is 55.5 Å². The van der Waals surface area contributed by atoms with Crippen molar-refractivity contribution >= 4 is 18.0 Å². The molecule has 1 amide bonds. The molecule has 21 heavy (non-hydrogen) atoms. The van der Waals surface area contributed by atoms with Crippen molar-refractivity contribution in [3.63, 3.8) is 0 Å². The van der Waals surface area contributed by atoms with Crippen LogP contribution in [0.5, 0.6) is 0 Å². The fourth-order valence-corrected chi connectivity index (χ4v) is 2.91. The number of rotatable bonds is 3. The van der Waals surface area contributed by atoms with Crippen molar-refractivity contribution in [2.45, 2.75) is 33.2 Å². The normalized spacial score (nSPS) is 22.0. The molecule has 1 aliphatic rings. The lowest BCUT2D eigenvalue weighted by Crippen LogP contribution is -2.34. The van der Waals surface area contributed by atoms with Gasteiger partial charge in [0.25, 0.3) is 5.91 Å². The summed E-state index contributed by atoms with van der Waals surface area (Å²) in [6.45, 7) is 6.93. The molecule has 1 aromatic rings. The number of likely N-dealkylation sites (tertiary alicyclic amines) is 1. The zero-order valence-electron chi connectivity index (χ0n) is 12.7. The molecule has 4 nitrogen and oxygen atoms in total. The molecule has 0 aliphatic carbocycles. The summed E-state index contributed by atoms with van der Waals surface area (Å²) in [4.78, 5) is 25.0. The fraction of sp³-hybridized carbons (Fsp3) is 0.412. The largest absolute Gasteiger partial charge is 0.478 e. The maximum Gasteiger partial charge on any atom is 0.328 e. The van der Waals surface area contributed by atoms with E-state index in [0.717, 1.165) is 30.2 Å². The molecule has 2 unspecified atom stereocenters. The number of amides is 1. The Labute approximate surface area is 125 Å². The standard InChI is InChI=1S/C17H21NO3/c1-11-8-13(3)18(10-11)17(21)15-5-4-14(12(2)9-15)6-7-16(19)20/h4-7,9,11,13H,8,10H2,1-3H3,(H,19,20)/b7-6+. The molecular formula is C17H21NO3. The number of hydrogen-bond donors (Lipinski definition) is 1. The minimum absolute atomic E-state index is 0.0590. The first-order valence-electron chi connectivity index (χ1n) is 7.21. The first kappa shape index (κ1) is 15.3. The van der Waals surface area contributed by atoms with Crippen LogP contribution in [0.15, 0.2) is 24.3 Å².